The molecule has 8 nitrogen and oxygen atoms in total. The fraction of sp³-hybridized carbons (Fsp3) is 0.414. The van der Waals surface area contributed by atoms with E-state index in [2.05, 4.69) is 52.8 Å². The normalized spacial score (nSPS) is 20.1. The number of allylic oxidation sites excluding steroid dienone is 4. The fourth-order valence-corrected chi connectivity index (χ4v) is 10.0. The van der Waals surface area contributed by atoms with Crippen molar-refractivity contribution in [3.63, 3.8) is 0 Å². The van der Waals surface area contributed by atoms with Gasteiger partial charge in [0.1, 0.15) is 36.6 Å². The van der Waals surface area contributed by atoms with Crippen LogP contribution >= 0.6 is 0 Å². The van der Waals surface area contributed by atoms with Gasteiger partial charge in [-0.2, -0.15) is 0 Å². The lowest BCUT2D eigenvalue weighted by Gasteiger charge is -2.39. The fourth-order valence-electron chi connectivity index (χ4n) is 10.0. The highest BCUT2D eigenvalue weighted by molar-refractivity contribution is 6.10. The highest BCUT2D eigenvalue weighted by Crippen LogP contribution is 2.44. The Morgan fingerprint density at radius 3 is 1.41 bits per heavy atom. The van der Waals surface area contributed by atoms with Crippen LogP contribution in [0.25, 0.3) is 0 Å². The lowest BCUT2D eigenvalue weighted by Crippen LogP contribution is -2.40. The molecule has 0 saturated heterocycles. The van der Waals surface area contributed by atoms with E-state index in [1.165, 1.54) is 0 Å². The van der Waals surface area contributed by atoms with Crippen molar-refractivity contribution >= 4 is 35.1 Å². The van der Waals surface area contributed by atoms with Gasteiger partial charge in [0, 0.05) is 35.8 Å². The molecule has 0 N–H and O–H groups in total. The predicted molar refractivity (Wildman–Crippen MR) is 259 cm³/mol. The molecule has 6 rings (SSSR count). The molecule has 4 aromatic carbocycles. The molecule has 0 spiro atoms. The van der Waals surface area contributed by atoms with Crippen molar-refractivity contribution in [2.75, 3.05) is 0 Å². The number of ketones is 4. The third-order valence-electron chi connectivity index (χ3n) is 13.4. The van der Waals surface area contributed by atoms with Gasteiger partial charge in [-0.1, -0.05) is 194 Å². The summed E-state index contributed by atoms with van der Waals surface area (Å²) in [5.74, 6) is -4.79. The number of hydrogen-bond acceptors (Lipinski definition) is 8. The number of carbonyl (C=O) groups excluding carboxylic acids is 6. The average Bonchev–Trinajstić information content (AvgIpc) is 3.28. The summed E-state index contributed by atoms with van der Waals surface area (Å²) in [5, 5.41) is 0. The maximum atomic E-state index is 13.4. The minimum atomic E-state index is -1.03. The zero-order valence-corrected chi connectivity index (χ0v) is 40.0. The Labute approximate surface area is 392 Å². The van der Waals surface area contributed by atoms with Crippen LogP contribution in [-0.2, 0) is 41.9 Å². The van der Waals surface area contributed by atoms with Gasteiger partial charge in [-0.25, -0.2) is 0 Å². The SMILES string of the molecule is CC1=CCCC(C)(C)C1C(=O)CC(C)C(C(=O)OCc1ccccc1)C(=O)c1ccccc1.CC1C=CCC(C)(C)C1C(=O)CC(C)C(C(=O)OCc1ccccc1)C(=O)c1ccccc1. The molecule has 0 aliphatic heterocycles. The monoisotopic (exact) mass is 892 g/mol. The maximum Gasteiger partial charge on any atom is 0.317 e. The molecule has 2 aliphatic carbocycles. The summed E-state index contributed by atoms with van der Waals surface area (Å²) in [7, 11) is 0. The molecule has 8 heteroatoms. The summed E-state index contributed by atoms with van der Waals surface area (Å²) < 4.78 is 11.1. The van der Waals surface area contributed by atoms with Crippen LogP contribution in [0.4, 0.5) is 0 Å². The molecule has 348 valence electrons. The Hall–Kier alpha value is -6.02. The van der Waals surface area contributed by atoms with Crippen LogP contribution in [0.15, 0.2) is 145 Å². The van der Waals surface area contributed by atoms with Gasteiger partial charge in [0.15, 0.2) is 11.6 Å². The molecule has 0 aromatic heterocycles. The van der Waals surface area contributed by atoms with Gasteiger partial charge in [0.25, 0.3) is 0 Å². The first-order valence-corrected chi connectivity index (χ1v) is 23.4. The largest absolute Gasteiger partial charge is 0.460 e. The molecule has 0 amide bonds. The van der Waals surface area contributed by atoms with Crippen molar-refractivity contribution < 1.29 is 38.2 Å². The number of rotatable bonds is 18. The van der Waals surface area contributed by atoms with Gasteiger partial charge in [0.2, 0.25) is 0 Å². The second kappa shape index (κ2) is 23.4. The minimum absolute atomic E-state index is 0.0858. The van der Waals surface area contributed by atoms with Crippen molar-refractivity contribution in [2.45, 2.75) is 101 Å². The minimum Gasteiger partial charge on any atom is -0.460 e. The van der Waals surface area contributed by atoms with E-state index in [0.29, 0.717) is 11.1 Å². The van der Waals surface area contributed by atoms with Crippen molar-refractivity contribution in [3.05, 3.63) is 167 Å². The lowest BCUT2D eigenvalue weighted by molar-refractivity contribution is -0.151. The molecular formula is C58H68O8. The number of hydrogen-bond donors (Lipinski definition) is 0. The Morgan fingerprint density at radius 2 is 1.00 bits per heavy atom. The number of Topliss-reactive ketones (excluding diaryl/α,β-unsaturated/α-hetero) is 4. The van der Waals surface area contributed by atoms with Crippen LogP contribution in [0, 0.1) is 52.3 Å². The molecule has 0 fully saturated rings. The van der Waals surface area contributed by atoms with Gasteiger partial charge >= 0.3 is 11.9 Å². The maximum absolute atomic E-state index is 13.4. The molecule has 66 heavy (non-hydrogen) atoms. The van der Waals surface area contributed by atoms with Gasteiger partial charge in [-0.3, -0.25) is 28.8 Å². The molecule has 7 atom stereocenters. The zero-order chi connectivity index (χ0) is 48.0. The standard InChI is InChI=1S/2C29H34O4/c2*1-20-12-11-17-29(3,4)26(20)24(30)18-21(2)25(27(31)23-15-9-6-10-16-23)28(32)33-19-22-13-7-5-8-14-22/h5-10,12-16,21,25-26H,11,17-19H2,1-4H3;5-16,20-21,25-26H,17-19H2,1-4H3. The Kier molecular flexibility index (Phi) is 18.1. The van der Waals surface area contributed by atoms with Crippen molar-refractivity contribution in [1.82, 2.24) is 0 Å². The summed E-state index contributed by atoms with van der Waals surface area (Å²) in [4.78, 5) is 79.8. The summed E-state index contributed by atoms with van der Waals surface area (Å²) in [6, 6.07) is 36.3. The van der Waals surface area contributed by atoms with Gasteiger partial charge < -0.3 is 9.47 Å². The average molecular weight is 893 g/mol. The molecular weight excluding hydrogens is 825 g/mol. The predicted octanol–water partition coefficient (Wildman–Crippen LogP) is 12.3. The lowest BCUT2D eigenvalue weighted by atomic mass is 9.64. The van der Waals surface area contributed by atoms with Crippen LogP contribution < -0.4 is 0 Å². The summed E-state index contributed by atoms with van der Waals surface area (Å²) >= 11 is 0. The van der Waals surface area contributed by atoms with E-state index in [-0.39, 0.29) is 77.8 Å². The second-order valence-electron chi connectivity index (χ2n) is 19.8. The van der Waals surface area contributed by atoms with Crippen molar-refractivity contribution in [1.29, 1.82) is 0 Å². The van der Waals surface area contributed by atoms with Crippen LogP contribution in [-0.4, -0.2) is 35.1 Å². The first kappa shape index (κ1) is 51.0. The first-order valence-electron chi connectivity index (χ1n) is 23.4. The van der Waals surface area contributed by atoms with Crippen LogP contribution in [0.2, 0.25) is 0 Å². The molecule has 7 unspecified atom stereocenters. The highest BCUT2D eigenvalue weighted by Gasteiger charge is 2.43. The number of ether oxygens (including phenoxy) is 2. The topological polar surface area (TPSA) is 121 Å². The quantitative estimate of drug-likeness (QED) is 0.0419. The van der Waals surface area contributed by atoms with E-state index < -0.39 is 35.6 Å². The Balaban J connectivity index is 0.000000247. The third-order valence-corrected chi connectivity index (χ3v) is 13.4. The third kappa shape index (κ3) is 13.5. The van der Waals surface area contributed by atoms with E-state index in [1.54, 1.807) is 48.5 Å². The Morgan fingerprint density at radius 1 is 0.591 bits per heavy atom. The molecule has 4 aromatic rings. The zero-order valence-electron chi connectivity index (χ0n) is 40.0. The second-order valence-corrected chi connectivity index (χ2v) is 19.8. The number of esters is 2. The highest BCUT2D eigenvalue weighted by atomic mass is 16.5. The number of carbonyl (C=O) groups is 6. The van der Waals surface area contributed by atoms with Gasteiger partial charge in [-0.05, 0) is 65.9 Å². The van der Waals surface area contributed by atoms with E-state index in [0.717, 1.165) is 36.0 Å². The molecule has 0 saturated carbocycles. The molecule has 0 heterocycles. The van der Waals surface area contributed by atoms with Crippen LogP contribution in [0.3, 0.4) is 0 Å². The van der Waals surface area contributed by atoms with Crippen molar-refractivity contribution in [3.8, 4) is 0 Å². The van der Waals surface area contributed by atoms with Gasteiger partial charge in [0.05, 0.1) is 0 Å². The smallest absolute Gasteiger partial charge is 0.317 e. The van der Waals surface area contributed by atoms with E-state index in [4.69, 9.17) is 9.47 Å². The van der Waals surface area contributed by atoms with Gasteiger partial charge in [-0.15, -0.1) is 0 Å². The summed E-state index contributed by atoms with van der Waals surface area (Å²) in [6.07, 6.45) is 9.45. The first-order chi connectivity index (χ1) is 31.4. The van der Waals surface area contributed by atoms with E-state index in [1.807, 2.05) is 93.6 Å². The molecule has 2 aliphatic rings. The molecule has 0 radical (unpaired) electrons. The Bertz CT molecular complexity index is 2330. The summed E-state index contributed by atoms with van der Waals surface area (Å²) in [5.41, 5.74) is 3.40. The van der Waals surface area contributed by atoms with E-state index >= 15 is 0 Å². The van der Waals surface area contributed by atoms with Crippen molar-refractivity contribution in [2.24, 2.45) is 52.3 Å². The van der Waals surface area contributed by atoms with E-state index in [9.17, 15) is 28.8 Å². The number of benzene rings is 4. The summed E-state index contributed by atoms with van der Waals surface area (Å²) in [6.45, 7) is 16.3. The van der Waals surface area contributed by atoms with Crippen LogP contribution in [0.1, 0.15) is 119 Å². The van der Waals surface area contributed by atoms with Crippen LogP contribution in [0.5, 0.6) is 0 Å². The molecule has 0 bridgehead atoms.